The second-order valence-corrected chi connectivity index (χ2v) is 10.7. The first-order valence-corrected chi connectivity index (χ1v) is 13.5. The summed E-state index contributed by atoms with van der Waals surface area (Å²) in [6, 6.07) is 1.65. The minimum Gasteiger partial charge on any atom is -0.434 e. The zero-order valence-electron chi connectivity index (χ0n) is 21.6. The molecule has 4 rings (SSSR count). The summed E-state index contributed by atoms with van der Waals surface area (Å²) in [4.78, 5) is 17.4. The van der Waals surface area contributed by atoms with Gasteiger partial charge in [-0.2, -0.15) is 13.9 Å². The number of halogens is 3. The van der Waals surface area contributed by atoms with Gasteiger partial charge in [0.15, 0.2) is 5.69 Å². The van der Waals surface area contributed by atoms with E-state index in [1.165, 1.54) is 16.9 Å². The van der Waals surface area contributed by atoms with Crippen molar-refractivity contribution in [3.63, 3.8) is 0 Å². The molecule has 2 aliphatic rings. The normalized spacial score (nSPS) is 22.6. The van der Waals surface area contributed by atoms with Crippen molar-refractivity contribution in [1.82, 2.24) is 20.1 Å². The van der Waals surface area contributed by atoms with Crippen molar-refractivity contribution in [2.24, 2.45) is 11.8 Å². The third-order valence-corrected chi connectivity index (χ3v) is 7.85. The topological polar surface area (TPSA) is 101 Å². The molecule has 0 aliphatic heterocycles. The SMILES string of the molecule is CC[C@@H](Nc1cc(OC(F)F)c(-c2c(Cl)c(C(=O)NCC3(O)CCC(C)CC3)nn2CC)cn1)C1CC1. The van der Waals surface area contributed by atoms with Crippen LogP contribution >= 0.6 is 11.6 Å². The number of carbonyl (C=O) groups is 1. The van der Waals surface area contributed by atoms with Crippen LogP contribution < -0.4 is 15.4 Å². The number of aliphatic hydroxyl groups is 1. The molecule has 204 valence electrons. The molecular formula is C26H36ClF2N5O3. The molecule has 2 aromatic heterocycles. The fourth-order valence-corrected chi connectivity index (χ4v) is 5.33. The average Bonchev–Trinajstić information content (AvgIpc) is 3.66. The molecule has 0 unspecified atom stereocenters. The fraction of sp³-hybridized carbons (Fsp3) is 0.654. The van der Waals surface area contributed by atoms with Gasteiger partial charge >= 0.3 is 6.61 Å². The number of alkyl halides is 2. The first-order valence-electron chi connectivity index (χ1n) is 13.1. The number of aromatic nitrogens is 3. The third-order valence-electron chi connectivity index (χ3n) is 7.49. The number of hydrogen-bond acceptors (Lipinski definition) is 6. The lowest BCUT2D eigenvalue weighted by Crippen LogP contribution is -2.45. The molecule has 2 aliphatic carbocycles. The lowest BCUT2D eigenvalue weighted by atomic mass is 9.79. The Balaban J connectivity index is 1.59. The lowest BCUT2D eigenvalue weighted by Gasteiger charge is -2.34. The molecule has 0 spiro atoms. The molecule has 2 heterocycles. The van der Waals surface area contributed by atoms with Crippen LogP contribution in [0, 0.1) is 11.8 Å². The zero-order valence-corrected chi connectivity index (χ0v) is 22.3. The van der Waals surface area contributed by atoms with Crippen LogP contribution in [0.3, 0.4) is 0 Å². The molecule has 37 heavy (non-hydrogen) atoms. The van der Waals surface area contributed by atoms with Gasteiger partial charge in [0.1, 0.15) is 11.6 Å². The van der Waals surface area contributed by atoms with E-state index in [0.717, 1.165) is 32.1 Å². The number of ether oxygens (including phenoxy) is 1. The van der Waals surface area contributed by atoms with Gasteiger partial charge in [-0.3, -0.25) is 9.48 Å². The summed E-state index contributed by atoms with van der Waals surface area (Å²) in [7, 11) is 0. The Kier molecular flexibility index (Phi) is 8.58. The molecule has 1 amide bonds. The van der Waals surface area contributed by atoms with Crippen LogP contribution in [0.4, 0.5) is 14.6 Å². The number of nitrogens with one attached hydrogen (secondary N) is 2. The average molecular weight is 540 g/mol. The van der Waals surface area contributed by atoms with Crippen LogP contribution in [0.25, 0.3) is 11.3 Å². The van der Waals surface area contributed by atoms with E-state index in [0.29, 0.717) is 37.0 Å². The van der Waals surface area contributed by atoms with Gasteiger partial charge in [-0.25, -0.2) is 4.98 Å². The highest BCUT2D eigenvalue weighted by atomic mass is 35.5. The van der Waals surface area contributed by atoms with Crippen molar-refractivity contribution in [1.29, 1.82) is 0 Å². The maximum absolute atomic E-state index is 13.4. The van der Waals surface area contributed by atoms with Gasteiger partial charge in [-0.05, 0) is 63.7 Å². The van der Waals surface area contributed by atoms with E-state index in [-0.39, 0.29) is 40.3 Å². The molecule has 11 heteroatoms. The Morgan fingerprint density at radius 3 is 2.59 bits per heavy atom. The fourth-order valence-electron chi connectivity index (χ4n) is 5.00. The van der Waals surface area contributed by atoms with Crippen LogP contribution in [-0.2, 0) is 6.54 Å². The highest BCUT2D eigenvalue weighted by Gasteiger charge is 2.34. The van der Waals surface area contributed by atoms with Crippen LogP contribution in [0.1, 0.15) is 76.2 Å². The summed E-state index contributed by atoms with van der Waals surface area (Å²) in [5.74, 6) is 0.896. The third kappa shape index (κ3) is 6.52. The van der Waals surface area contributed by atoms with E-state index in [1.54, 1.807) is 6.92 Å². The number of carbonyl (C=O) groups excluding carboxylic acids is 1. The Labute approximate surface area is 221 Å². The van der Waals surface area contributed by atoms with Crippen molar-refractivity contribution >= 4 is 23.3 Å². The van der Waals surface area contributed by atoms with Gasteiger partial charge in [-0.1, -0.05) is 25.4 Å². The molecule has 2 aromatic rings. The van der Waals surface area contributed by atoms with E-state index in [1.807, 2.05) is 0 Å². The van der Waals surface area contributed by atoms with Crippen molar-refractivity contribution in [3.8, 4) is 17.0 Å². The van der Waals surface area contributed by atoms with E-state index in [9.17, 15) is 18.7 Å². The Bertz CT molecular complexity index is 1100. The first-order chi connectivity index (χ1) is 17.6. The number of hydrogen-bond donors (Lipinski definition) is 3. The molecular weight excluding hydrogens is 504 g/mol. The predicted octanol–water partition coefficient (Wildman–Crippen LogP) is 5.49. The molecule has 8 nitrogen and oxygen atoms in total. The number of nitrogens with zero attached hydrogens (tertiary/aromatic N) is 3. The molecule has 3 N–H and O–H groups in total. The molecule has 0 aromatic carbocycles. The molecule has 2 saturated carbocycles. The largest absolute Gasteiger partial charge is 0.434 e. The Hall–Kier alpha value is -2.46. The summed E-state index contributed by atoms with van der Waals surface area (Å²) in [6.45, 7) is 3.38. The quantitative estimate of drug-likeness (QED) is 0.349. The number of pyridine rings is 1. The maximum atomic E-state index is 13.4. The van der Waals surface area contributed by atoms with Gasteiger partial charge in [0.25, 0.3) is 5.91 Å². The summed E-state index contributed by atoms with van der Waals surface area (Å²) < 4.78 is 33.1. The van der Waals surface area contributed by atoms with Gasteiger partial charge in [0.2, 0.25) is 0 Å². The van der Waals surface area contributed by atoms with E-state index in [2.05, 4.69) is 34.6 Å². The Morgan fingerprint density at radius 1 is 1.30 bits per heavy atom. The van der Waals surface area contributed by atoms with Crippen LogP contribution in [0.5, 0.6) is 5.75 Å². The monoisotopic (exact) mass is 539 g/mol. The van der Waals surface area contributed by atoms with Gasteiger partial charge in [-0.15, -0.1) is 0 Å². The lowest BCUT2D eigenvalue weighted by molar-refractivity contribution is -0.0494. The number of amides is 1. The molecule has 1 atom stereocenters. The number of anilines is 1. The molecule has 2 fully saturated rings. The zero-order chi connectivity index (χ0) is 26.7. The summed E-state index contributed by atoms with van der Waals surface area (Å²) in [5.41, 5.74) is -0.532. The van der Waals surface area contributed by atoms with E-state index in [4.69, 9.17) is 16.3 Å². The van der Waals surface area contributed by atoms with Gasteiger partial charge < -0.3 is 20.5 Å². The molecule has 0 radical (unpaired) electrons. The van der Waals surface area contributed by atoms with Crippen molar-refractivity contribution in [2.45, 2.75) is 90.5 Å². The van der Waals surface area contributed by atoms with Crippen molar-refractivity contribution < 1.29 is 23.4 Å². The first kappa shape index (κ1) is 27.6. The second-order valence-electron chi connectivity index (χ2n) is 10.4. The van der Waals surface area contributed by atoms with E-state index < -0.39 is 18.1 Å². The summed E-state index contributed by atoms with van der Waals surface area (Å²) in [6.07, 6.45) is 7.59. The van der Waals surface area contributed by atoms with Gasteiger partial charge in [0, 0.05) is 31.4 Å². The second kappa shape index (κ2) is 11.5. The standard InChI is InChI=1S/C26H36ClF2N5O3/c1-4-18(16-6-7-16)32-20-12-19(37-25(28)29)17(13-30-20)23-21(27)22(33-34(23)5-2)24(35)31-14-26(36)10-8-15(3)9-11-26/h12-13,15-16,18,25,36H,4-11,14H2,1-3H3,(H,30,32)(H,31,35)/t15?,18-,26?/m1/s1. The van der Waals surface area contributed by atoms with Crippen molar-refractivity contribution in [2.75, 3.05) is 11.9 Å². The smallest absolute Gasteiger partial charge is 0.387 e. The highest BCUT2D eigenvalue weighted by Crippen LogP contribution is 2.40. The minimum atomic E-state index is -3.06. The van der Waals surface area contributed by atoms with Crippen LogP contribution in [0.15, 0.2) is 12.3 Å². The van der Waals surface area contributed by atoms with Crippen LogP contribution in [0.2, 0.25) is 5.02 Å². The molecule has 0 saturated heterocycles. The van der Waals surface area contributed by atoms with Crippen molar-refractivity contribution in [3.05, 3.63) is 23.0 Å². The van der Waals surface area contributed by atoms with E-state index >= 15 is 0 Å². The molecule has 0 bridgehead atoms. The number of aryl methyl sites for hydroxylation is 1. The highest BCUT2D eigenvalue weighted by molar-refractivity contribution is 6.36. The number of rotatable bonds is 11. The summed E-state index contributed by atoms with van der Waals surface area (Å²) in [5, 5.41) is 21.3. The maximum Gasteiger partial charge on any atom is 0.387 e. The minimum absolute atomic E-state index is 0.00893. The van der Waals surface area contributed by atoms with Crippen LogP contribution in [-0.4, -0.2) is 50.6 Å². The Morgan fingerprint density at radius 2 is 2.00 bits per heavy atom. The summed E-state index contributed by atoms with van der Waals surface area (Å²) >= 11 is 6.62. The predicted molar refractivity (Wildman–Crippen MR) is 138 cm³/mol. The van der Waals surface area contributed by atoms with Gasteiger partial charge in [0.05, 0.1) is 21.9 Å².